The second-order valence-electron chi connectivity index (χ2n) is 6.88. The molecule has 1 unspecified atom stereocenters. The summed E-state index contributed by atoms with van der Waals surface area (Å²) in [6.07, 6.45) is -0.689. The number of hydrogen-bond donors (Lipinski definition) is 3. The summed E-state index contributed by atoms with van der Waals surface area (Å²) < 4.78 is 10.7. The van der Waals surface area contributed by atoms with Crippen LogP contribution < -0.4 is 20.3 Å². The number of aliphatic hydroxyl groups excluding tert-OH is 1. The highest BCUT2D eigenvalue weighted by Crippen LogP contribution is 2.20. The van der Waals surface area contributed by atoms with Crippen molar-refractivity contribution in [3.63, 3.8) is 0 Å². The normalized spacial score (nSPS) is 12.1. The third kappa shape index (κ3) is 4.71. The van der Waals surface area contributed by atoms with Crippen LogP contribution in [0, 0.1) is 13.8 Å². The predicted molar refractivity (Wildman–Crippen MR) is 110 cm³/mol. The maximum absolute atomic E-state index is 12.3. The molecule has 6 heteroatoms. The molecule has 2 aromatic carbocycles. The molecule has 0 aliphatic heterocycles. The lowest BCUT2D eigenvalue weighted by Gasteiger charge is -2.14. The van der Waals surface area contributed by atoms with Crippen molar-refractivity contribution >= 4 is 10.9 Å². The number of nitrogens with one attached hydrogen (secondary N) is 2. The Morgan fingerprint density at radius 2 is 1.75 bits per heavy atom. The number of aromatic nitrogens is 1. The molecule has 0 fully saturated rings. The third-order valence-electron chi connectivity index (χ3n) is 4.72. The van der Waals surface area contributed by atoms with Gasteiger partial charge in [-0.2, -0.15) is 0 Å². The predicted octanol–water partition coefficient (Wildman–Crippen LogP) is 2.68. The van der Waals surface area contributed by atoms with Crippen molar-refractivity contribution in [2.45, 2.75) is 26.5 Å². The zero-order valence-electron chi connectivity index (χ0n) is 16.4. The highest BCUT2D eigenvalue weighted by atomic mass is 16.5. The van der Waals surface area contributed by atoms with E-state index in [1.165, 1.54) is 0 Å². The first-order chi connectivity index (χ1) is 13.5. The van der Waals surface area contributed by atoms with E-state index in [0.717, 1.165) is 27.8 Å². The Morgan fingerprint density at radius 1 is 1.07 bits per heavy atom. The lowest BCUT2D eigenvalue weighted by molar-refractivity contribution is 0.106. The largest absolute Gasteiger partial charge is 0.497 e. The molecule has 0 radical (unpaired) electrons. The highest BCUT2D eigenvalue weighted by Gasteiger charge is 2.09. The second kappa shape index (κ2) is 8.91. The molecule has 0 saturated carbocycles. The van der Waals surface area contributed by atoms with Crippen LogP contribution in [0.4, 0.5) is 0 Å². The molecule has 3 rings (SSSR count). The van der Waals surface area contributed by atoms with Crippen LogP contribution in [-0.2, 0) is 6.54 Å². The molecule has 6 nitrogen and oxygen atoms in total. The Labute approximate surface area is 164 Å². The molecule has 0 spiro atoms. The SMILES string of the molecule is COc1ccc(OCC(O)CNCc2cc3c(C)ccc(C)c3[nH]c2=O)cc1. The van der Waals surface area contributed by atoms with Crippen LogP contribution in [-0.4, -0.2) is 36.5 Å². The number of ether oxygens (including phenoxy) is 2. The van der Waals surface area contributed by atoms with Crippen molar-refractivity contribution in [2.24, 2.45) is 0 Å². The smallest absolute Gasteiger partial charge is 0.252 e. The van der Waals surface area contributed by atoms with Gasteiger partial charge in [-0.1, -0.05) is 12.1 Å². The number of aromatic amines is 1. The molecule has 28 heavy (non-hydrogen) atoms. The Hall–Kier alpha value is -2.83. The minimum absolute atomic E-state index is 0.113. The molecule has 1 heterocycles. The second-order valence-corrected chi connectivity index (χ2v) is 6.88. The van der Waals surface area contributed by atoms with Crippen LogP contribution in [0.25, 0.3) is 10.9 Å². The van der Waals surface area contributed by atoms with Crippen LogP contribution >= 0.6 is 0 Å². The fourth-order valence-corrected chi connectivity index (χ4v) is 3.05. The summed E-state index contributed by atoms with van der Waals surface area (Å²) in [6.45, 7) is 4.86. The first-order valence-electron chi connectivity index (χ1n) is 9.25. The van der Waals surface area contributed by atoms with Gasteiger partial charge in [0, 0.05) is 24.0 Å². The number of benzene rings is 2. The number of rotatable bonds is 8. The van der Waals surface area contributed by atoms with Crippen LogP contribution in [0.15, 0.2) is 47.3 Å². The van der Waals surface area contributed by atoms with Crippen molar-refractivity contribution in [3.8, 4) is 11.5 Å². The van der Waals surface area contributed by atoms with Crippen LogP contribution in [0.2, 0.25) is 0 Å². The van der Waals surface area contributed by atoms with E-state index in [0.29, 0.717) is 24.4 Å². The van der Waals surface area contributed by atoms with E-state index in [9.17, 15) is 9.90 Å². The number of aryl methyl sites for hydroxylation is 2. The maximum Gasteiger partial charge on any atom is 0.252 e. The summed E-state index contributed by atoms with van der Waals surface area (Å²) in [7, 11) is 1.61. The molecule has 148 valence electrons. The molecule has 3 aromatic rings. The number of H-pyrrole nitrogens is 1. The standard InChI is InChI=1S/C22H26N2O4/c1-14-4-5-15(2)21-20(14)10-16(22(26)24-21)11-23-12-17(25)13-28-19-8-6-18(27-3)7-9-19/h4-10,17,23,25H,11-13H2,1-3H3,(H,24,26). The number of aliphatic hydroxyl groups is 1. The number of methoxy groups -OCH3 is 1. The number of fused-ring (bicyclic) bond motifs is 1. The minimum atomic E-state index is -0.689. The summed E-state index contributed by atoms with van der Waals surface area (Å²) in [6, 6.07) is 13.2. The van der Waals surface area contributed by atoms with Crippen molar-refractivity contribution < 1.29 is 14.6 Å². The maximum atomic E-state index is 12.3. The van der Waals surface area contributed by atoms with Crippen molar-refractivity contribution in [1.82, 2.24) is 10.3 Å². The van der Waals surface area contributed by atoms with E-state index in [4.69, 9.17) is 9.47 Å². The van der Waals surface area contributed by atoms with E-state index in [-0.39, 0.29) is 12.2 Å². The van der Waals surface area contributed by atoms with E-state index in [2.05, 4.69) is 10.3 Å². The monoisotopic (exact) mass is 382 g/mol. The first kappa shape index (κ1) is 19.9. The van der Waals surface area contributed by atoms with Gasteiger partial charge in [0.1, 0.15) is 24.2 Å². The van der Waals surface area contributed by atoms with Crippen LogP contribution in [0.5, 0.6) is 11.5 Å². The highest BCUT2D eigenvalue weighted by molar-refractivity contribution is 5.85. The molecule has 0 aliphatic carbocycles. The third-order valence-corrected chi connectivity index (χ3v) is 4.72. The Kier molecular flexibility index (Phi) is 6.34. The average molecular weight is 382 g/mol. The fourth-order valence-electron chi connectivity index (χ4n) is 3.05. The fraction of sp³-hybridized carbons (Fsp3) is 0.318. The first-order valence-corrected chi connectivity index (χ1v) is 9.25. The molecule has 1 aromatic heterocycles. The average Bonchev–Trinajstić information content (AvgIpc) is 2.70. The van der Waals surface area contributed by atoms with Gasteiger partial charge in [0.25, 0.3) is 5.56 Å². The van der Waals surface area contributed by atoms with E-state index >= 15 is 0 Å². The van der Waals surface area contributed by atoms with Crippen molar-refractivity contribution in [3.05, 3.63) is 69.5 Å². The molecular formula is C22H26N2O4. The summed E-state index contributed by atoms with van der Waals surface area (Å²) in [5.74, 6) is 1.41. The lowest BCUT2D eigenvalue weighted by atomic mass is 10.0. The summed E-state index contributed by atoms with van der Waals surface area (Å²) in [5, 5.41) is 14.3. The van der Waals surface area contributed by atoms with Crippen molar-refractivity contribution in [1.29, 1.82) is 0 Å². The van der Waals surface area contributed by atoms with Gasteiger partial charge in [0.15, 0.2) is 0 Å². The number of pyridine rings is 1. The Balaban J connectivity index is 1.54. The summed E-state index contributed by atoms with van der Waals surface area (Å²) in [4.78, 5) is 15.3. The van der Waals surface area contributed by atoms with Gasteiger partial charge in [-0.3, -0.25) is 4.79 Å². The summed E-state index contributed by atoms with van der Waals surface area (Å²) in [5.41, 5.74) is 3.57. The van der Waals surface area contributed by atoms with E-state index in [1.807, 2.05) is 32.0 Å². The van der Waals surface area contributed by atoms with Gasteiger partial charge in [-0.15, -0.1) is 0 Å². The van der Waals surface area contributed by atoms with Gasteiger partial charge in [-0.05, 0) is 55.3 Å². The number of hydrogen-bond acceptors (Lipinski definition) is 5. The Morgan fingerprint density at radius 3 is 2.46 bits per heavy atom. The minimum Gasteiger partial charge on any atom is -0.497 e. The van der Waals surface area contributed by atoms with Gasteiger partial charge in [-0.25, -0.2) is 0 Å². The topological polar surface area (TPSA) is 83.6 Å². The van der Waals surface area contributed by atoms with Gasteiger partial charge >= 0.3 is 0 Å². The van der Waals surface area contributed by atoms with Gasteiger partial charge in [0.05, 0.1) is 12.6 Å². The van der Waals surface area contributed by atoms with Crippen LogP contribution in [0.3, 0.4) is 0 Å². The van der Waals surface area contributed by atoms with E-state index < -0.39 is 6.10 Å². The Bertz CT molecular complexity index is 996. The quantitative estimate of drug-likeness (QED) is 0.558. The molecular weight excluding hydrogens is 356 g/mol. The molecule has 0 amide bonds. The molecule has 1 atom stereocenters. The van der Waals surface area contributed by atoms with Crippen molar-refractivity contribution in [2.75, 3.05) is 20.3 Å². The zero-order chi connectivity index (χ0) is 20.1. The molecule has 0 aliphatic rings. The van der Waals surface area contributed by atoms with E-state index in [1.54, 1.807) is 31.4 Å². The summed E-state index contributed by atoms with van der Waals surface area (Å²) >= 11 is 0. The molecule has 3 N–H and O–H groups in total. The van der Waals surface area contributed by atoms with Gasteiger partial charge in [0.2, 0.25) is 0 Å². The zero-order valence-corrected chi connectivity index (χ0v) is 16.4. The lowest BCUT2D eigenvalue weighted by Crippen LogP contribution is -2.32. The molecule has 0 bridgehead atoms. The van der Waals surface area contributed by atoms with Crippen LogP contribution in [0.1, 0.15) is 16.7 Å². The molecule has 0 saturated heterocycles. The van der Waals surface area contributed by atoms with Gasteiger partial charge < -0.3 is 24.9 Å².